The van der Waals surface area contributed by atoms with Gasteiger partial charge in [-0.25, -0.2) is 9.97 Å². The minimum atomic E-state index is 0.872. The Morgan fingerprint density at radius 2 is 0.833 bits per heavy atom. The summed E-state index contributed by atoms with van der Waals surface area (Å²) in [4.78, 5) is 15.9. The molecule has 0 bridgehead atoms. The molecular weight excluding hydrogens is 665 g/mol. The lowest BCUT2D eigenvalue weighted by molar-refractivity contribution is 0.657. The van der Waals surface area contributed by atoms with Crippen LogP contribution in [0.15, 0.2) is 93.8 Å². The minimum absolute atomic E-state index is 0.872. The van der Waals surface area contributed by atoms with Crippen molar-refractivity contribution in [1.82, 2.24) is 9.97 Å². The Kier molecular flexibility index (Phi) is 9.22. The molecule has 0 unspecified atom stereocenters. The van der Waals surface area contributed by atoms with Gasteiger partial charge in [-0.15, -0.1) is 0 Å². The van der Waals surface area contributed by atoms with Crippen molar-refractivity contribution in [2.24, 2.45) is 0 Å². The Balaban J connectivity index is 1.24. The van der Waals surface area contributed by atoms with Crippen LogP contribution in [0.5, 0.6) is 0 Å². The molecule has 9 aromatic rings. The van der Waals surface area contributed by atoms with Crippen LogP contribution < -0.4 is 9.80 Å². The predicted octanol–water partition coefficient (Wildman–Crippen LogP) is 13.7. The summed E-state index contributed by atoms with van der Waals surface area (Å²) in [5.41, 5.74) is 9.55. The van der Waals surface area contributed by atoms with E-state index in [1.165, 1.54) is 62.7 Å². The van der Waals surface area contributed by atoms with Gasteiger partial charge in [0, 0.05) is 82.0 Å². The third kappa shape index (κ3) is 5.87. The molecule has 0 aliphatic heterocycles. The number of rotatable bonds is 14. The van der Waals surface area contributed by atoms with Crippen LogP contribution in [0.3, 0.4) is 0 Å². The van der Waals surface area contributed by atoms with E-state index < -0.39 is 0 Å². The van der Waals surface area contributed by atoms with E-state index in [1.54, 1.807) is 0 Å². The first kappa shape index (κ1) is 34.4. The average molecular weight is 715 g/mol. The molecule has 6 aromatic carbocycles. The number of nitrogens with zero attached hydrogens (tertiary/aromatic N) is 4. The van der Waals surface area contributed by atoms with Crippen molar-refractivity contribution in [1.29, 1.82) is 0 Å². The van der Waals surface area contributed by atoms with E-state index in [0.29, 0.717) is 0 Å². The summed E-state index contributed by atoms with van der Waals surface area (Å²) in [7, 11) is 0. The first-order valence-corrected chi connectivity index (χ1v) is 20.4. The topological polar surface area (TPSA) is 58.5 Å². The molecular formula is C48H50N4O2. The van der Waals surface area contributed by atoms with E-state index in [2.05, 4.69) is 122 Å². The molecule has 9 rings (SSSR count). The van der Waals surface area contributed by atoms with Gasteiger partial charge in [0.1, 0.15) is 22.3 Å². The monoisotopic (exact) mass is 714 g/mol. The fourth-order valence-corrected chi connectivity index (χ4v) is 8.49. The standard InChI is InChI=1S/C48H50N4O2/c1-5-9-23-51(24-10-6-2)31-19-21-33-37-29-39-47(35-15-13-17-41(45(35)37)53-43(33)27-31)50-40-30-38-34-22-20-32(52(25-11-7-3)26-12-8-4)28-44(34)54-42-18-14-16-36(46(38)42)48(40)49-39/h13-22,27-30H,5-12,23-26H2,1-4H3. The summed E-state index contributed by atoms with van der Waals surface area (Å²) < 4.78 is 13.4. The van der Waals surface area contributed by atoms with Gasteiger partial charge in [-0.3, -0.25) is 0 Å². The molecule has 0 radical (unpaired) electrons. The predicted molar refractivity (Wildman–Crippen MR) is 231 cm³/mol. The number of hydrogen-bond donors (Lipinski definition) is 0. The molecule has 0 amide bonds. The summed E-state index contributed by atoms with van der Waals surface area (Å²) in [6.07, 6.45) is 9.43. The smallest absolute Gasteiger partial charge is 0.137 e. The van der Waals surface area contributed by atoms with Crippen LogP contribution in [0.25, 0.3) is 87.5 Å². The van der Waals surface area contributed by atoms with Gasteiger partial charge in [0.2, 0.25) is 0 Å². The van der Waals surface area contributed by atoms with Gasteiger partial charge >= 0.3 is 0 Å². The highest BCUT2D eigenvalue weighted by Gasteiger charge is 2.20. The Morgan fingerprint density at radius 3 is 1.22 bits per heavy atom. The zero-order valence-corrected chi connectivity index (χ0v) is 32.2. The Labute approximate surface area is 316 Å². The molecule has 0 saturated carbocycles. The normalized spacial score (nSPS) is 12.2. The fourth-order valence-electron chi connectivity index (χ4n) is 8.49. The van der Waals surface area contributed by atoms with Gasteiger partial charge in [0.15, 0.2) is 0 Å². The quantitative estimate of drug-likeness (QED) is 0.0825. The number of benzene rings is 6. The van der Waals surface area contributed by atoms with Crippen LogP contribution in [0.4, 0.5) is 11.4 Å². The van der Waals surface area contributed by atoms with Crippen LogP contribution >= 0.6 is 0 Å². The molecule has 0 atom stereocenters. The minimum Gasteiger partial charge on any atom is -0.456 e. The van der Waals surface area contributed by atoms with Crippen molar-refractivity contribution >= 4 is 98.9 Å². The molecule has 0 aliphatic carbocycles. The maximum Gasteiger partial charge on any atom is 0.137 e. The van der Waals surface area contributed by atoms with Crippen LogP contribution in [0.1, 0.15) is 79.1 Å². The van der Waals surface area contributed by atoms with E-state index >= 15 is 0 Å². The number of hydrogen-bond acceptors (Lipinski definition) is 6. The molecule has 0 saturated heterocycles. The van der Waals surface area contributed by atoms with Gasteiger partial charge in [0.05, 0.1) is 22.1 Å². The maximum atomic E-state index is 6.72. The summed E-state index contributed by atoms with van der Waals surface area (Å²) >= 11 is 0. The lowest BCUT2D eigenvalue weighted by Gasteiger charge is -2.25. The summed E-state index contributed by atoms with van der Waals surface area (Å²) in [5, 5.41) is 8.80. The van der Waals surface area contributed by atoms with Crippen molar-refractivity contribution in [2.75, 3.05) is 36.0 Å². The van der Waals surface area contributed by atoms with E-state index in [0.717, 1.165) is 114 Å². The van der Waals surface area contributed by atoms with Crippen LogP contribution in [0.2, 0.25) is 0 Å². The number of aromatic nitrogens is 2. The average Bonchev–Trinajstić information content (AvgIpc) is 3.20. The molecule has 54 heavy (non-hydrogen) atoms. The summed E-state index contributed by atoms with van der Waals surface area (Å²) in [6, 6.07) is 30.6. The van der Waals surface area contributed by atoms with Crippen LogP contribution in [-0.4, -0.2) is 36.1 Å². The lowest BCUT2D eigenvalue weighted by atomic mass is 9.98. The van der Waals surface area contributed by atoms with Crippen molar-refractivity contribution in [3.63, 3.8) is 0 Å². The molecule has 6 heteroatoms. The zero-order valence-electron chi connectivity index (χ0n) is 32.2. The highest BCUT2D eigenvalue weighted by Crippen LogP contribution is 2.42. The van der Waals surface area contributed by atoms with Crippen LogP contribution in [-0.2, 0) is 0 Å². The molecule has 0 fully saturated rings. The molecule has 0 aliphatic rings. The summed E-state index contributed by atoms with van der Waals surface area (Å²) in [6.45, 7) is 13.3. The van der Waals surface area contributed by atoms with Crippen molar-refractivity contribution in [2.45, 2.75) is 79.1 Å². The summed E-state index contributed by atoms with van der Waals surface area (Å²) in [5.74, 6) is 0. The van der Waals surface area contributed by atoms with E-state index in [-0.39, 0.29) is 0 Å². The Hall–Kier alpha value is -5.36. The molecule has 0 N–H and O–H groups in total. The third-order valence-corrected chi connectivity index (χ3v) is 11.4. The van der Waals surface area contributed by atoms with E-state index in [1.807, 2.05) is 0 Å². The second kappa shape index (κ2) is 14.5. The fraction of sp³-hybridized carbons (Fsp3) is 0.333. The molecule has 0 spiro atoms. The highest BCUT2D eigenvalue weighted by atomic mass is 16.3. The van der Waals surface area contributed by atoms with Crippen molar-refractivity contribution < 1.29 is 8.83 Å². The van der Waals surface area contributed by atoms with Crippen LogP contribution in [0, 0.1) is 0 Å². The van der Waals surface area contributed by atoms with Crippen molar-refractivity contribution in [3.8, 4) is 0 Å². The first-order chi connectivity index (χ1) is 26.6. The second-order valence-electron chi connectivity index (χ2n) is 15.1. The van der Waals surface area contributed by atoms with Gasteiger partial charge in [-0.1, -0.05) is 77.6 Å². The molecule has 3 heterocycles. The number of unbranched alkanes of at least 4 members (excludes halogenated alkanes) is 4. The number of fused-ring (bicyclic) bond motifs is 8. The SMILES string of the molecule is CCCCN(CCCC)c1ccc2c(c1)oc1cccc3c4nc5cc6c7ccc(N(CCCC)CCCC)cc7oc7cccc(c5nc4cc2c13)c76. The Morgan fingerprint density at radius 1 is 0.426 bits per heavy atom. The Bertz CT molecular complexity index is 2600. The zero-order chi connectivity index (χ0) is 36.8. The molecule has 3 aromatic heterocycles. The van der Waals surface area contributed by atoms with Gasteiger partial charge < -0.3 is 18.6 Å². The van der Waals surface area contributed by atoms with E-state index in [9.17, 15) is 0 Å². The van der Waals surface area contributed by atoms with Gasteiger partial charge in [-0.05, 0) is 85.0 Å². The second-order valence-corrected chi connectivity index (χ2v) is 15.1. The van der Waals surface area contributed by atoms with E-state index in [4.69, 9.17) is 18.8 Å². The largest absolute Gasteiger partial charge is 0.456 e. The molecule has 274 valence electrons. The van der Waals surface area contributed by atoms with Gasteiger partial charge in [0.25, 0.3) is 0 Å². The third-order valence-electron chi connectivity index (χ3n) is 11.4. The maximum absolute atomic E-state index is 6.72. The lowest BCUT2D eigenvalue weighted by Crippen LogP contribution is -2.25. The first-order valence-electron chi connectivity index (χ1n) is 20.4. The van der Waals surface area contributed by atoms with Crippen molar-refractivity contribution in [3.05, 3.63) is 84.9 Å². The highest BCUT2D eigenvalue weighted by molar-refractivity contribution is 6.28. The molecule has 6 nitrogen and oxygen atoms in total. The number of anilines is 2. The van der Waals surface area contributed by atoms with Gasteiger partial charge in [-0.2, -0.15) is 0 Å².